The fourth-order valence-corrected chi connectivity index (χ4v) is 2.15. The first-order valence-corrected chi connectivity index (χ1v) is 6.22. The average molecular weight is 290 g/mol. The van der Waals surface area contributed by atoms with Crippen molar-refractivity contribution in [3.05, 3.63) is 63.6 Å². The molecule has 0 saturated carbocycles. The number of nitriles is 1. The summed E-state index contributed by atoms with van der Waals surface area (Å²) < 4.78 is 0. The number of hydrogen-bond donors (Lipinski definition) is 1. The smallest absolute Gasteiger partial charge is 0.122 e. The van der Waals surface area contributed by atoms with Gasteiger partial charge in [0.05, 0.1) is 16.7 Å². The van der Waals surface area contributed by atoms with Crippen molar-refractivity contribution in [2.45, 2.75) is 0 Å². The van der Waals surface area contributed by atoms with Crippen molar-refractivity contribution in [1.29, 1.82) is 5.26 Å². The molecule has 2 rings (SSSR count). The molecule has 1 N–H and O–H groups in total. The molecule has 19 heavy (non-hydrogen) atoms. The number of nitrogens with zero attached hydrogens (tertiary/aromatic N) is 1. The van der Waals surface area contributed by atoms with Crippen LogP contribution in [0.5, 0.6) is 5.75 Å². The van der Waals surface area contributed by atoms with Crippen molar-refractivity contribution in [2.24, 2.45) is 0 Å². The van der Waals surface area contributed by atoms with E-state index in [1.54, 1.807) is 48.5 Å². The highest BCUT2D eigenvalue weighted by molar-refractivity contribution is 6.36. The average Bonchev–Trinajstić information content (AvgIpc) is 2.39. The summed E-state index contributed by atoms with van der Waals surface area (Å²) >= 11 is 11.9. The van der Waals surface area contributed by atoms with Crippen LogP contribution < -0.4 is 0 Å². The molecule has 0 amide bonds. The van der Waals surface area contributed by atoms with Crippen molar-refractivity contribution in [3.8, 4) is 11.8 Å². The van der Waals surface area contributed by atoms with Crippen LogP contribution in [0.15, 0.2) is 42.5 Å². The largest absolute Gasteiger partial charge is 0.507 e. The van der Waals surface area contributed by atoms with E-state index in [2.05, 4.69) is 6.07 Å². The Hall–Kier alpha value is -1.95. The molecule has 0 aliphatic heterocycles. The molecule has 0 aliphatic carbocycles. The van der Waals surface area contributed by atoms with E-state index in [1.165, 1.54) is 0 Å². The third-order valence-corrected chi connectivity index (χ3v) is 3.13. The van der Waals surface area contributed by atoms with Gasteiger partial charge in [-0.3, -0.25) is 0 Å². The summed E-state index contributed by atoms with van der Waals surface area (Å²) in [6.45, 7) is 0. The topological polar surface area (TPSA) is 44.0 Å². The summed E-state index contributed by atoms with van der Waals surface area (Å²) in [5.41, 5.74) is 1.50. The van der Waals surface area contributed by atoms with E-state index in [0.29, 0.717) is 26.7 Å². The van der Waals surface area contributed by atoms with Gasteiger partial charge < -0.3 is 5.11 Å². The van der Waals surface area contributed by atoms with Gasteiger partial charge in [-0.25, -0.2) is 0 Å². The van der Waals surface area contributed by atoms with Crippen molar-refractivity contribution in [1.82, 2.24) is 0 Å². The number of hydrogen-bond acceptors (Lipinski definition) is 2. The summed E-state index contributed by atoms with van der Waals surface area (Å²) in [6, 6.07) is 13.8. The van der Waals surface area contributed by atoms with Crippen LogP contribution in [0.3, 0.4) is 0 Å². The second-order valence-corrected chi connectivity index (χ2v) is 4.70. The van der Waals surface area contributed by atoms with Gasteiger partial charge in [-0.15, -0.1) is 0 Å². The van der Waals surface area contributed by atoms with Crippen molar-refractivity contribution >= 4 is 34.9 Å². The zero-order valence-corrected chi connectivity index (χ0v) is 11.3. The molecule has 0 radical (unpaired) electrons. The van der Waals surface area contributed by atoms with E-state index >= 15 is 0 Å². The van der Waals surface area contributed by atoms with E-state index in [4.69, 9.17) is 23.2 Å². The Morgan fingerprint density at radius 2 is 1.89 bits per heavy atom. The molecule has 0 unspecified atom stereocenters. The number of allylic oxidation sites excluding steroid dienone is 1. The quantitative estimate of drug-likeness (QED) is 0.640. The van der Waals surface area contributed by atoms with Gasteiger partial charge in [0.15, 0.2) is 0 Å². The van der Waals surface area contributed by atoms with Crippen molar-refractivity contribution < 1.29 is 5.11 Å². The Balaban J connectivity index is 2.52. The normalized spacial score (nSPS) is 11.1. The minimum Gasteiger partial charge on any atom is -0.507 e. The number of halogens is 2. The maximum absolute atomic E-state index is 9.71. The van der Waals surface area contributed by atoms with Crippen molar-refractivity contribution in [2.75, 3.05) is 0 Å². The lowest BCUT2D eigenvalue weighted by atomic mass is 10.0. The summed E-state index contributed by atoms with van der Waals surface area (Å²) in [7, 11) is 0. The summed E-state index contributed by atoms with van der Waals surface area (Å²) in [4.78, 5) is 0. The molecule has 0 aliphatic rings. The molecule has 94 valence electrons. The number of benzene rings is 2. The second-order valence-electron chi connectivity index (χ2n) is 3.85. The highest BCUT2D eigenvalue weighted by Gasteiger charge is 2.08. The molecule has 2 aromatic carbocycles. The maximum atomic E-state index is 9.71. The molecular formula is C15H9Cl2NO. The van der Waals surface area contributed by atoms with E-state index in [1.807, 2.05) is 0 Å². The zero-order chi connectivity index (χ0) is 13.8. The van der Waals surface area contributed by atoms with Crippen LogP contribution in [0.2, 0.25) is 10.0 Å². The van der Waals surface area contributed by atoms with E-state index < -0.39 is 0 Å². The predicted octanol–water partition coefficient (Wildman–Crippen LogP) is 4.76. The molecule has 0 aromatic heterocycles. The molecule has 0 heterocycles. The minimum absolute atomic E-state index is 0.111. The van der Waals surface area contributed by atoms with E-state index in [9.17, 15) is 10.4 Å². The molecule has 2 aromatic rings. The first kappa shape index (κ1) is 13.5. The van der Waals surface area contributed by atoms with Crippen LogP contribution >= 0.6 is 23.2 Å². The minimum atomic E-state index is 0.111. The van der Waals surface area contributed by atoms with Gasteiger partial charge in [-0.2, -0.15) is 5.26 Å². The van der Waals surface area contributed by atoms with Crippen LogP contribution in [-0.2, 0) is 0 Å². The summed E-state index contributed by atoms with van der Waals surface area (Å²) in [5, 5.41) is 19.8. The second kappa shape index (κ2) is 5.79. The van der Waals surface area contributed by atoms with Crippen LogP contribution in [0, 0.1) is 11.3 Å². The Bertz CT molecular complexity index is 687. The lowest BCUT2D eigenvalue weighted by Crippen LogP contribution is -1.84. The Morgan fingerprint density at radius 3 is 2.53 bits per heavy atom. The van der Waals surface area contributed by atoms with Gasteiger partial charge >= 0.3 is 0 Å². The van der Waals surface area contributed by atoms with E-state index in [-0.39, 0.29) is 5.75 Å². The standard InChI is InChI=1S/C15H9Cl2NO/c16-12-5-6-13(14(17)8-12)11(9-18)7-10-3-1-2-4-15(10)19/h1-8,19H/b11-7+. The molecule has 4 heteroatoms. The Labute approximate surface area is 121 Å². The highest BCUT2D eigenvalue weighted by atomic mass is 35.5. The third-order valence-electron chi connectivity index (χ3n) is 2.58. The molecular weight excluding hydrogens is 281 g/mol. The number of phenols is 1. The van der Waals surface area contributed by atoms with Gasteiger partial charge in [-0.1, -0.05) is 47.5 Å². The molecule has 2 nitrogen and oxygen atoms in total. The molecule has 0 fully saturated rings. The third kappa shape index (κ3) is 3.08. The molecule has 0 atom stereocenters. The first-order chi connectivity index (χ1) is 9.11. The lowest BCUT2D eigenvalue weighted by Gasteiger charge is -2.04. The van der Waals surface area contributed by atoms with Gasteiger partial charge in [0.1, 0.15) is 5.75 Å². The SMILES string of the molecule is N#C/C(=C\c1ccccc1O)c1ccc(Cl)cc1Cl. The molecule has 0 bridgehead atoms. The van der Waals surface area contributed by atoms with Crippen LogP contribution in [-0.4, -0.2) is 5.11 Å². The van der Waals surface area contributed by atoms with Crippen LogP contribution in [0.25, 0.3) is 11.6 Å². The maximum Gasteiger partial charge on any atom is 0.122 e. The Morgan fingerprint density at radius 1 is 1.16 bits per heavy atom. The van der Waals surface area contributed by atoms with Gasteiger partial charge in [0, 0.05) is 16.1 Å². The van der Waals surface area contributed by atoms with Crippen molar-refractivity contribution in [3.63, 3.8) is 0 Å². The number of rotatable bonds is 2. The fraction of sp³-hybridized carbons (Fsp3) is 0. The predicted molar refractivity (Wildman–Crippen MR) is 78.1 cm³/mol. The molecule has 0 saturated heterocycles. The zero-order valence-electron chi connectivity index (χ0n) is 9.77. The van der Waals surface area contributed by atoms with Gasteiger partial charge in [-0.05, 0) is 24.3 Å². The first-order valence-electron chi connectivity index (χ1n) is 5.47. The summed E-state index contributed by atoms with van der Waals surface area (Å²) in [5.74, 6) is 0.111. The monoisotopic (exact) mass is 289 g/mol. The van der Waals surface area contributed by atoms with Crippen LogP contribution in [0.1, 0.15) is 11.1 Å². The number of phenolic OH excluding ortho intramolecular Hbond substituents is 1. The lowest BCUT2D eigenvalue weighted by molar-refractivity contribution is 0.474. The highest BCUT2D eigenvalue weighted by Crippen LogP contribution is 2.29. The van der Waals surface area contributed by atoms with Gasteiger partial charge in [0.25, 0.3) is 0 Å². The Kier molecular flexibility index (Phi) is 4.11. The fourth-order valence-electron chi connectivity index (χ4n) is 1.64. The number of aromatic hydroxyl groups is 1. The van der Waals surface area contributed by atoms with Crippen LogP contribution in [0.4, 0.5) is 0 Å². The molecule has 0 spiro atoms. The van der Waals surface area contributed by atoms with E-state index in [0.717, 1.165) is 0 Å². The van der Waals surface area contributed by atoms with Gasteiger partial charge in [0.2, 0.25) is 0 Å². The summed E-state index contributed by atoms with van der Waals surface area (Å²) in [6.07, 6.45) is 1.59. The number of para-hydroxylation sites is 1.